The molecule has 5 heteroatoms. The number of aromatic nitrogens is 1. The Labute approximate surface area is 107 Å². The van der Waals surface area contributed by atoms with Gasteiger partial charge in [0.05, 0.1) is 6.54 Å². The summed E-state index contributed by atoms with van der Waals surface area (Å²) in [5.74, 6) is 0. The Kier molecular flexibility index (Phi) is 5.98. The van der Waals surface area contributed by atoms with E-state index < -0.39 is 6.43 Å². The molecular weight excluding hydrogens is 236 g/mol. The summed E-state index contributed by atoms with van der Waals surface area (Å²) >= 11 is 0. The van der Waals surface area contributed by atoms with Crippen molar-refractivity contribution in [2.45, 2.75) is 33.2 Å². The molecule has 1 N–H and O–H groups in total. The van der Waals surface area contributed by atoms with Crippen LogP contribution in [0.25, 0.3) is 0 Å². The molecule has 0 radical (unpaired) electrons. The molecule has 0 aliphatic rings. The second-order valence-corrected chi connectivity index (χ2v) is 4.40. The Morgan fingerprint density at radius 2 is 2.17 bits per heavy atom. The minimum Gasteiger partial charge on any atom is -0.369 e. The van der Waals surface area contributed by atoms with Gasteiger partial charge in [-0.15, -0.1) is 0 Å². The molecule has 0 fully saturated rings. The van der Waals surface area contributed by atoms with Gasteiger partial charge in [0, 0.05) is 36.7 Å². The lowest BCUT2D eigenvalue weighted by atomic mass is 10.2. The highest BCUT2D eigenvalue weighted by Crippen LogP contribution is 2.20. The van der Waals surface area contributed by atoms with E-state index in [1.165, 1.54) is 0 Å². The van der Waals surface area contributed by atoms with E-state index in [0.717, 1.165) is 29.9 Å². The summed E-state index contributed by atoms with van der Waals surface area (Å²) in [5, 5.41) is 3.27. The number of nitrogens with zero attached hydrogens (tertiary/aromatic N) is 2. The van der Waals surface area contributed by atoms with Gasteiger partial charge in [-0.25, -0.2) is 8.78 Å². The van der Waals surface area contributed by atoms with Crippen LogP contribution in [-0.4, -0.2) is 31.5 Å². The first kappa shape index (κ1) is 14.8. The summed E-state index contributed by atoms with van der Waals surface area (Å²) in [6.07, 6.45) is 0.469. The molecule has 0 aliphatic heterocycles. The molecule has 0 atom stereocenters. The zero-order valence-corrected chi connectivity index (χ0v) is 11.2. The second-order valence-electron chi connectivity index (χ2n) is 4.40. The summed E-state index contributed by atoms with van der Waals surface area (Å²) in [5.41, 5.74) is 2.62. The van der Waals surface area contributed by atoms with Crippen LogP contribution in [0.5, 0.6) is 0 Å². The Hall–Kier alpha value is -1.23. The molecular formula is C13H21F2N3. The lowest BCUT2D eigenvalue weighted by molar-refractivity contribution is 0.156. The van der Waals surface area contributed by atoms with Gasteiger partial charge >= 0.3 is 0 Å². The van der Waals surface area contributed by atoms with Crippen LogP contribution >= 0.6 is 0 Å². The average molecular weight is 257 g/mol. The topological polar surface area (TPSA) is 28.2 Å². The molecule has 0 unspecified atom stereocenters. The molecule has 1 aromatic heterocycles. The van der Waals surface area contributed by atoms with E-state index in [0.29, 0.717) is 6.54 Å². The molecule has 1 heterocycles. The third-order valence-electron chi connectivity index (χ3n) is 2.66. The standard InChI is InChI=1S/C13H21F2N3/c1-4-5-16-7-11-8-17-10(2)6-12(11)18(3)9-13(14)15/h6,8,13,16H,4-5,7,9H2,1-3H3. The zero-order chi connectivity index (χ0) is 13.5. The van der Waals surface area contributed by atoms with E-state index in [2.05, 4.69) is 17.2 Å². The monoisotopic (exact) mass is 257 g/mol. The van der Waals surface area contributed by atoms with Crippen molar-refractivity contribution < 1.29 is 8.78 Å². The summed E-state index contributed by atoms with van der Waals surface area (Å²) in [6.45, 7) is 5.26. The van der Waals surface area contributed by atoms with E-state index in [-0.39, 0.29) is 6.54 Å². The summed E-state index contributed by atoms with van der Waals surface area (Å²) < 4.78 is 24.9. The molecule has 0 spiro atoms. The number of rotatable bonds is 7. The first-order valence-electron chi connectivity index (χ1n) is 6.20. The molecule has 0 saturated carbocycles. The lowest BCUT2D eigenvalue weighted by Crippen LogP contribution is -2.26. The van der Waals surface area contributed by atoms with E-state index in [1.54, 1.807) is 18.1 Å². The van der Waals surface area contributed by atoms with Crippen LogP contribution in [0.15, 0.2) is 12.3 Å². The van der Waals surface area contributed by atoms with Gasteiger partial charge in [-0.3, -0.25) is 4.98 Å². The highest BCUT2D eigenvalue weighted by Gasteiger charge is 2.12. The van der Waals surface area contributed by atoms with E-state index in [4.69, 9.17) is 0 Å². The Bertz CT molecular complexity index is 369. The van der Waals surface area contributed by atoms with Crippen molar-refractivity contribution in [1.82, 2.24) is 10.3 Å². The van der Waals surface area contributed by atoms with E-state index in [1.807, 2.05) is 13.0 Å². The molecule has 0 aliphatic carbocycles. The van der Waals surface area contributed by atoms with Crippen molar-refractivity contribution in [3.05, 3.63) is 23.5 Å². The zero-order valence-electron chi connectivity index (χ0n) is 11.2. The van der Waals surface area contributed by atoms with Crippen LogP contribution in [-0.2, 0) is 6.54 Å². The Balaban J connectivity index is 2.81. The quantitative estimate of drug-likeness (QED) is 0.761. The summed E-state index contributed by atoms with van der Waals surface area (Å²) in [4.78, 5) is 5.81. The molecule has 0 saturated heterocycles. The maximum Gasteiger partial charge on any atom is 0.255 e. The summed E-state index contributed by atoms with van der Waals surface area (Å²) in [6, 6.07) is 1.85. The molecule has 1 rings (SSSR count). The molecule has 1 aromatic rings. The third-order valence-corrected chi connectivity index (χ3v) is 2.66. The molecule has 3 nitrogen and oxygen atoms in total. The smallest absolute Gasteiger partial charge is 0.255 e. The first-order valence-corrected chi connectivity index (χ1v) is 6.20. The van der Waals surface area contributed by atoms with Gasteiger partial charge in [0.2, 0.25) is 0 Å². The van der Waals surface area contributed by atoms with Gasteiger partial charge in [-0.1, -0.05) is 6.92 Å². The first-order chi connectivity index (χ1) is 8.54. The normalized spacial score (nSPS) is 11.0. The lowest BCUT2D eigenvalue weighted by Gasteiger charge is -2.22. The fraction of sp³-hybridized carbons (Fsp3) is 0.615. The minimum absolute atomic E-state index is 0.260. The fourth-order valence-corrected chi connectivity index (χ4v) is 1.77. The number of pyridine rings is 1. The van der Waals surface area contributed by atoms with Gasteiger partial charge in [0.15, 0.2) is 0 Å². The molecule has 0 aromatic carbocycles. The third kappa shape index (κ3) is 4.56. The van der Waals surface area contributed by atoms with E-state index >= 15 is 0 Å². The van der Waals surface area contributed by atoms with Crippen molar-refractivity contribution in [2.24, 2.45) is 0 Å². The van der Waals surface area contributed by atoms with Crippen molar-refractivity contribution in [2.75, 3.05) is 25.0 Å². The van der Waals surface area contributed by atoms with Gasteiger partial charge in [0.25, 0.3) is 6.43 Å². The van der Waals surface area contributed by atoms with Crippen LogP contribution in [0.4, 0.5) is 14.5 Å². The number of halogens is 2. The number of nitrogens with one attached hydrogen (secondary N) is 1. The highest BCUT2D eigenvalue weighted by molar-refractivity contribution is 5.53. The SMILES string of the molecule is CCCNCc1cnc(C)cc1N(C)CC(F)F. The predicted molar refractivity (Wildman–Crippen MR) is 70.2 cm³/mol. The number of anilines is 1. The molecule has 18 heavy (non-hydrogen) atoms. The number of alkyl halides is 2. The van der Waals surface area contributed by atoms with Crippen LogP contribution in [0.1, 0.15) is 24.6 Å². The van der Waals surface area contributed by atoms with Crippen LogP contribution in [0.3, 0.4) is 0 Å². The number of aryl methyl sites for hydroxylation is 1. The maximum atomic E-state index is 12.4. The van der Waals surface area contributed by atoms with Crippen molar-refractivity contribution in [3.63, 3.8) is 0 Å². The number of hydrogen-bond acceptors (Lipinski definition) is 3. The van der Waals surface area contributed by atoms with Crippen LogP contribution in [0, 0.1) is 6.92 Å². The summed E-state index contributed by atoms with van der Waals surface area (Å²) in [7, 11) is 1.68. The van der Waals surface area contributed by atoms with Gasteiger partial charge < -0.3 is 10.2 Å². The number of hydrogen-bond donors (Lipinski definition) is 1. The fourth-order valence-electron chi connectivity index (χ4n) is 1.77. The maximum absolute atomic E-state index is 12.4. The molecule has 0 bridgehead atoms. The van der Waals surface area contributed by atoms with E-state index in [9.17, 15) is 8.78 Å². The average Bonchev–Trinajstić information content (AvgIpc) is 2.30. The Morgan fingerprint density at radius 3 is 2.78 bits per heavy atom. The largest absolute Gasteiger partial charge is 0.369 e. The van der Waals surface area contributed by atoms with Gasteiger partial charge in [-0.2, -0.15) is 0 Å². The van der Waals surface area contributed by atoms with Crippen molar-refractivity contribution in [3.8, 4) is 0 Å². The Morgan fingerprint density at radius 1 is 1.44 bits per heavy atom. The van der Waals surface area contributed by atoms with Gasteiger partial charge in [-0.05, 0) is 26.0 Å². The van der Waals surface area contributed by atoms with Gasteiger partial charge in [0.1, 0.15) is 0 Å². The van der Waals surface area contributed by atoms with Crippen molar-refractivity contribution >= 4 is 5.69 Å². The second kappa shape index (κ2) is 7.26. The minimum atomic E-state index is -2.33. The molecule has 102 valence electrons. The highest BCUT2D eigenvalue weighted by atomic mass is 19.3. The predicted octanol–water partition coefficient (Wildman–Crippen LogP) is 2.59. The molecule has 0 amide bonds. The van der Waals surface area contributed by atoms with Crippen molar-refractivity contribution in [1.29, 1.82) is 0 Å². The van der Waals surface area contributed by atoms with Crippen LogP contribution in [0.2, 0.25) is 0 Å². The van der Waals surface area contributed by atoms with Crippen LogP contribution < -0.4 is 10.2 Å².